The summed E-state index contributed by atoms with van der Waals surface area (Å²) in [6, 6.07) is 9.94. The van der Waals surface area contributed by atoms with Crippen molar-refractivity contribution in [2.75, 3.05) is 0 Å². The first-order chi connectivity index (χ1) is 8.61. The molecule has 2 aromatic carbocycles. The molecule has 0 saturated heterocycles. The summed E-state index contributed by atoms with van der Waals surface area (Å²) in [7, 11) is 0. The Morgan fingerprint density at radius 2 is 2.06 bits per heavy atom. The van der Waals surface area contributed by atoms with Crippen LogP contribution in [0, 0.1) is 12.7 Å². The predicted octanol–water partition coefficient (Wildman–Crippen LogP) is 5.47. The van der Waals surface area contributed by atoms with Crippen LogP contribution in [0.15, 0.2) is 36.4 Å². The van der Waals surface area contributed by atoms with Crippen molar-refractivity contribution in [2.24, 2.45) is 0 Å². The molecule has 2 aromatic rings. The van der Waals surface area contributed by atoms with Crippen molar-refractivity contribution in [3.8, 4) is 11.5 Å². The first-order valence-electron chi connectivity index (χ1n) is 5.39. The molecule has 0 fully saturated rings. The molecular formula is C14H11BrClFO. The highest BCUT2D eigenvalue weighted by molar-refractivity contribution is 9.08. The van der Waals surface area contributed by atoms with E-state index >= 15 is 0 Å². The molecule has 18 heavy (non-hydrogen) atoms. The Labute approximate surface area is 119 Å². The fourth-order valence-electron chi connectivity index (χ4n) is 1.57. The maximum absolute atomic E-state index is 13.2. The molecule has 4 heteroatoms. The van der Waals surface area contributed by atoms with Gasteiger partial charge in [0, 0.05) is 17.0 Å². The average molecular weight is 330 g/mol. The van der Waals surface area contributed by atoms with Gasteiger partial charge >= 0.3 is 0 Å². The lowest BCUT2D eigenvalue weighted by atomic mass is 10.2. The number of aryl methyl sites for hydroxylation is 1. The third-order valence-corrected chi connectivity index (χ3v) is 3.46. The molecular weight excluding hydrogens is 319 g/mol. The summed E-state index contributed by atoms with van der Waals surface area (Å²) >= 11 is 9.49. The minimum absolute atomic E-state index is 0.331. The summed E-state index contributed by atoms with van der Waals surface area (Å²) in [5.41, 5.74) is 1.78. The lowest BCUT2D eigenvalue weighted by Crippen LogP contribution is -1.93. The van der Waals surface area contributed by atoms with Crippen molar-refractivity contribution < 1.29 is 9.13 Å². The van der Waals surface area contributed by atoms with Crippen LogP contribution in [0.2, 0.25) is 5.02 Å². The quantitative estimate of drug-likeness (QED) is 0.678. The highest BCUT2D eigenvalue weighted by atomic mass is 79.9. The Morgan fingerprint density at radius 1 is 1.28 bits per heavy atom. The Bertz CT molecular complexity index is 572. The van der Waals surface area contributed by atoms with Crippen molar-refractivity contribution in [1.29, 1.82) is 0 Å². The van der Waals surface area contributed by atoms with E-state index in [4.69, 9.17) is 16.3 Å². The third-order valence-electron chi connectivity index (χ3n) is 2.55. The van der Waals surface area contributed by atoms with Crippen molar-refractivity contribution in [1.82, 2.24) is 0 Å². The largest absolute Gasteiger partial charge is 0.455 e. The molecule has 0 aromatic heterocycles. The molecule has 0 aliphatic heterocycles. The summed E-state index contributed by atoms with van der Waals surface area (Å²) in [4.78, 5) is 0. The Kier molecular flexibility index (Phi) is 4.25. The highest BCUT2D eigenvalue weighted by Gasteiger charge is 2.10. The van der Waals surface area contributed by atoms with Gasteiger partial charge in [-0.15, -0.1) is 0 Å². The van der Waals surface area contributed by atoms with Gasteiger partial charge in [0.1, 0.15) is 17.3 Å². The summed E-state index contributed by atoms with van der Waals surface area (Å²) in [6.07, 6.45) is 0. The van der Waals surface area contributed by atoms with E-state index < -0.39 is 0 Å². The zero-order valence-electron chi connectivity index (χ0n) is 9.71. The van der Waals surface area contributed by atoms with Crippen LogP contribution in [0.1, 0.15) is 11.1 Å². The molecule has 0 amide bonds. The normalized spacial score (nSPS) is 10.4. The monoisotopic (exact) mass is 328 g/mol. The van der Waals surface area contributed by atoms with E-state index in [1.807, 2.05) is 19.1 Å². The molecule has 0 unspecified atom stereocenters. The van der Waals surface area contributed by atoms with Crippen molar-refractivity contribution in [3.05, 3.63) is 58.4 Å². The smallest absolute Gasteiger partial charge is 0.150 e. The molecule has 0 aliphatic carbocycles. The van der Waals surface area contributed by atoms with Crippen molar-refractivity contribution in [3.63, 3.8) is 0 Å². The topological polar surface area (TPSA) is 9.23 Å². The molecule has 0 heterocycles. The maximum Gasteiger partial charge on any atom is 0.150 e. The van der Waals surface area contributed by atoms with Gasteiger partial charge in [0.15, 0.2) is 0 Å². The van der Waals surface area contributed by atoms with Crippen LogP contribution in [0.5, 0.6) is 11.5 Å². The van der Waals surface area contributed by atoms with Crippen LogP contribution in [-0.4, -0.2) is 0 Å². The Morgan fingerprint density at radius 3 is 2.78 bits per heavy atom. The van der Waals surface area contributed by atoms with Gasteiger partial charge in [-0.1, -0.05) is 45.7 Å². The number of hydrogen-bond donors (Lipinski definition) is 0. The zero-order valence-corrected chi connectivity index (χ0v) is 12.1. The fraction of sp³-hybridized carbons (Fsp3) is 0.143. The van der Waals surface area contributed by atoms with Crippen LogP contribution in [0.3, 0.4) is 0 Å². The van der Waals surface area contributed by atoms with Gasteiger partial charge in [-0.2, -0.15) is 0 Å². The number of rotatable bonds is 3. The van der Waals surface area contributed by atoms with Crippen LogP contribution >= 0.6 is 27.5 Å². The van der Waals surface area contributed by atoms with Crippen LogP contribution in [0.4, 0.5) is 4.39 Å². The number of benzene rings is 2. The van der Waals surface area contributed by atoms with Crippen LogP contribution in [-0.2, 0) is 5.33 Å². The van der Waals surface area contributed by atoms with Gasteiger partial charge in [0.2, 0.25) is 0 Å². The molecule has 1 nitrogen and oxygen atoms in total. The zero-order chi connectivity index (χ0) is 13.1. The van der Waals surface area contributed by atoms with Gasteiger partial charge in [0.05, 0.1) is 5.02 Å². The van der Waals surface area contributed by atoms with E-state index in [0.29, 0.717) is 21.9 Å². The minimum Gasteiger partial charge on any atom is -0.455 e. The van der Waals surface area contributed by atoms with E-state index in [9.17, 15) is 4.39 Å². The third kappa shape index (κ3) is 2.85. The second kappa shape index (κ2) is 5.72. The summed E-state index contributed by atoms with van der Waals surface area (Å²) in [5.74, 6) is 0.707. The number of hydrogen-bond acceptors (Lipinski definition) is 1. The lowest BCUT2D eigenvalue weighted by molar-refractivity contribution is 0.469. The Balaban J connectivity index is 2.42. The highest BCUT2D eigenvalue weighted by Crippen LogP contribution is 2.35. The Hall–Kier alpha value is -1.06. The van der Waals surface area contributed by atoms with Gasteiger partial charge in [-0.25, -0.2) is 4.39 Å². The molecule has 0 spiro atoms. The standard InChI is InChI=1S/C14H11BrClFO/c1-9-5-6-11(17)7-13(9)18-14-10(8-15)3-2-4-12(14)16/h2-7H,8H2,1H3. The van der Waals surface area contributed by atoms with E-state index in [2.05, 4.69) is 15.9 Å². The average Bonchev–Trinajstić information content (AvgIpc) is 2.36. The van der Waals surface area contributed by atoms with Crippen molar-refractivity contribution in [2.45, 2.75) is 12.3 Å². The predicted molar refractivity (Wildman–Crippen MR) is 75.3 cm³/mol. The second-order valence-corrected chi connectivity index (χ2v) is 4.84. The molecule has 0 bridgehead atoms. The number of para-hydroxylation sites is 1. The second-order valence-electron chi connectivity index (χ2n) is 3.87. The van der Waals surface area contributed by atoms with Gasteiger partial charge in [-0.3, -0.25) is 0 Å². The number of halogens is 3. The van der Waals surface area contributed by atoms with Gasteiger partial charge in [0.25, 0.3) is 0 Å². The summed E-state index contributed by atoms with van der Waals surface area (Å²) < 4.78 is 19.0. The van der Waals surface area contributed by atoms with Crippen LogP contribution < -0.4 is 4.74 Å². The van der Waals surface area contributed by atoms with Gasteiger partial charge < -0.3 is 4.74 Å². The first kappa shape index (κ1) is 13.4. The fourth-order valence-corrected chi connectivity index (χ4v) is 2.24. The molecule has 94 valence electrons. The maximum atomic E-state index is 13.2. The summed E-state index contributed by atoms with van der Waals surface area (Å²) in [6.45, 7) is 1.86. The van der Waals surface area contributed by atoms with Crippen LogP contribution in [0.25, 0.3) is 0 Å². The molecule has 0 radical (unpaired) electrons. The molecule has 0 N–H and O–H groups in total. The van der Waals surface area contributed by atoms with E-state index in [1.54, 1.807) is 12.1 Å². The summed E-state index contributed by atoms with van der Waals surface area (Å²) in [5, 5.41) is 1.13. The van der Waals surface area contributed by atoms with E-state index in [0.717, 1.165) is 11.1 Å². The van der Waals surface area contributed by atoms with Gasteiger partial charge in [-0.05, 0) is 24.6 Å². The molecule has 0 aliphatic rings. The van der Waals surface area contributed by atoms with Crippen molar-refractivity contribution >= 4 is 27.5 Å². The lowest BCUT2D eigenvalue weighted by Gasteiger charge is -2.13. The number of alkyl halides is 1. The van der Waals surface area contributed by atoms with E-state index in [1.165, 1.54) is 12.1 Å². The minimum atomic E-state index is -0.331. The molecule has 0 saturated carbocycles. The molecule has 0 atom stereocenters. The SMILES string of the molecule is Cc1ccc(F)cc1Oc1c(Cl)cccc1CBr. The van der Waals surface area contributed by atoms with E-state index in [-0.39, 0.29) is 5.82 Å². The number of ether oxygens (including phenoxy) is 1. The first-order valence-corrected chi connectivity index (χ1v) is 6.89. The molecule has 2 rings (SSSR count).